The standard InChI is InChI=1S/C20H22FNO5S/c1-3-15-4-8-17(9-5-15)22-20(24)14(2)27-19(23)12-13-28(25,26)18-10-6-16(21)7-11-18/h4-11,14H,3,12-13H2,1-2H3,(H,22,24)/t14-/m0/s1. The van der Waals surface area contributed by atoms with Gasteiger partial charge in [0.05, 0.1) is 17.1 Å². The molecule has 0 aromatic heterocycles. The summed E-state index contributed by atoms with van der Waals surface area (Å²) in [6, 6.07) is 11.6. The average Bonchev–Trinajstić information content (AvgIpc) is 2.67. The number of nitrogens with one attached hydrogen (secondary N) is 1. The van der Waals surface area contributed by atoms with E-state index in [-0.39, 0.29) is 4.90 Å². The fourth-order valence-electron chi connectivity index (χ4n) is 2.35. The summed E-state index contributed by atoms with van der Waals surface area (Å²) in [7, 11) is -3.75. The Hall–Kier alpha value is -2.74. The van der Waals surface area contributed by atoms with Gasteiger partial charge < -0.3 is 10.1 Å². The van der Waals surface area contributed by atoms with E-state index in [1.165, 1.54) is 6.92 Å². The molecule has 2 aromatic carbocycles. The predicted octanol–water partition coefficient (Wildman–Crippen LogP) is 3.12. The summed E-state index contributed by atoms with van der Waals surface area (Å²) in [5.41, 5.74) is 1.70. The zero-order chi connectivity index (χ0) is 20.7. The molecule has 0 saturated carbocycles. The molecule has 8 heteroatoms. The number of esters is 1. The van der Waals surface area contributed by atoms with Crippen LogP contribution in [0.4, 0.5) is 10.1 Å². The van der Waals surface area contributed by atoms with Crippen molar-refractivity contribution in [3.8, 4) is 0 Å². The third kappa shape index (κ3) is 6.16. The lowest BCUT2D eigenvalue weighted by Gasteiger charge is -2.14. The highest BCUT2D eigenvalue weighted by Gasteiger charge is 2.21. The number of halogens is 1. The van der Waals surface area contributed by atoms with E-state index in [0.29, 0.717) is 5.69 Å². The summed E-state index contributed by atoms with van der Waals surface area (Å²) in [6.07, 6.45) is -0.613. The summed E-state index contributed by atoms with van der Waals surface area (Å²) in [5, 5.41) is 2.63. The van der Waals surface area contributed by atoms with Crippen LogP contribution in [-0.2, 0) is 30.6 Å². The molecule has 0 aliphatic heterocycles. The number of rotatable bonds is 8. The monoisotopic (exact) mass is 407 g/mol. The minimum Gasteiger partial charge on any atom is -0.453 e. The number of benzene rings is 2. The van der Waals surface area contributed by atoms with Crippen LogP contribution in [0.3, 0.4) is 0 Å². The summed E-state index contributed by atoms with van der Waals surface area (Å²) >= 11 is 0. The second-order valence-electron chi connectivity index (χ2n) is 6.19. The topological polar surface area (TPSA) is 89.5 Å². The molecule has 6 nitrogen and oxygen atoms in total. The van der Waals surface area contributed by atoms with Gasteiger partial charge in [0.25, 0.3) is 5.91 Å². The first-order valence-corrected chi connectivity index (χ1v) is 10.4. The van der Waals surface area contributed by atoms with Gasteiger partial charge in [0.15, 0.2) is 15.9 Å². The van der Waals surface area contributed by atoms with Gasteiger partial charge in [-0.25, -0.2) is 12.8 Å². The van der Waals surface area contributed by atoms with Gasteiger partial charge in [-0.15, -0.1) is 0 Å². The molecule has 0 bridgehead atoms. The third-order valence-corrected chi connectivity index (χ3v) is 5.79. The zero-order valence-electron chi connectivity index (χ0n) is 15.6. The van der Waals surface area contributed by atoms with Crippen LogP contribution in [-0.4, -0.2) is 32.2 Å². The Kier molecular flexibility index (Phi) is 7.28. The Bertz CT molecular complexity index is 924. The molecule has 1 N–H and O–H groups in total. The van der Waals surface area contributed by atoms with E-state index in [1.54, 1.807) is 12.1 Å². The largest absolute Gasteiger partial charge is 0.453 e. The normalized spacial score (nSPS) is 12.2. The number of carbonyl (C=O) groups is 2. The Labute approximate surface area is 163 Å². The molecule has 0 heterocycles. The van der Waals surface area contributed by atoms with Gasteiger partial charge in [0.1, 0.15) is 5.82 Å². The molecule has 150 valence electrons. The van der Waals surface area contributed by atoms with Crippen molar-refractivity contribution in [2.75, 3.05) is 11.1 Å². The van der Waals surface area contributed by atoms with Crippen LogP contribution in [0.5, 0.6) is 0 Å². The highest BCUT2D eigenvalue weighted by molar-refractivity contribution is 7.91. The van der Waals surface area contributed by atoms with Crippen molar-refractivity contribution < 1.29 is 27.1 Å². The summed E-state index contributed by atoms with van der Waals surface area (Å²) < 4.78 is 42.2. The molecular weight excluding hydrogens is 385 g/mol. The molecule has 0 radical (unpaired) electrons. The van der Waals surface area contributed by atoms with Crippen LogP contribution in [0.25, 0.3) is 0 Å². The Morgan fingerprint density at radius 3 is 2.25 bits per heavy atom. The minimum absolute atomic E-state index is 0.0805. The van der Waals surface area contributed by atoms with Crippen molar-refractivity contribution in [1.29, 1.82) is 0 Å². The number of aryl methyl sites for hydroxylation is 1. The van der Waals surface area contributed by atoms with Crippen LogP contribution >= 0.6 is 0 Å². The van der Waals surface area contributed by atoms with Gasteiger partial charge in [-0.1, -0.05) is 19.1 Å². The lowest BCUT2D eigenvalue weighted by molar-refractivity contribution is -0.152. The van der Waals surface area contributed by atoms with Gasteiger partial charge in [-0.3, -0.25) is 9.59 Å². The average molecular weight is 407 g/mol. The molecule has 2 aromatic rings. The van der Waals surface area contributed by atoms with Crippen LogP contribution in [0.1, 0.15) is 25.8 Å². The fourth-order valence-corrected chi connectivity index (χ4v) is 3.58. The van der Waals surface area contributed by atoms with Crippen molar-refractivity contribution in [2.24, 2.45) is 0 Å². The summed E-state index contributed by atoms with van der Waals surface area (Å²) in [6.45, 7) is 3.42. The molecule has 0 fully saturated rings. The van der Waals surface area contributed by atoms with Crippen LogP contribution < -0.4 is 5.32 Å². The highest BCUT2D eigenvalue weighted by atomic mass is 32.2. The second-order valence-corrected chi connectivity index (χ2v) is 8.30. The smallest absolute Gasteiger partial charge is 0.307 e. The molecule has 0 aliphatic rings. The van der Waals surface area contributed by atoms with E-state index in [4.69, 9.17) is 4.74 Å². The lowest BCUT2D eigenvalue weighted by atomic mass is 10.1. The first kappa shape index (κ1) is 21.6. The molecular formula is C20H22FNO5S. The maximum atomic E-state index is 12.9. The number of sulfone groups is 1. The number of amides is 1. The molecule has 0 aliphatic carbocycles. The van der Waals surface area contributed by atoms with E-state index in [2.05, 4.69) is 5.32 Å². The first-order valence-electron chi connectivity index (χ1n) is 8.79. The predicted molar refractivity (Wildman–Crippen MR) is 103 cm³/mol. The van der Waals surface area contributed by atoms with Crippen molar-refractivity contribution in [2.45, 2.75) is 37.7 Å². The third-order valence-electron chi connectivity index (χ3n) is 4.05. The molecule has 0 spiro atoms. The van der Waals surface area contributed by atoms with Gasteiger partial charge in [-0.05, 0) is 55.3 Å². The molecule has 28 heavy (non-hydrogen) atoms. The van der Waals surface area contributed by atoms with E-state index >= 15 is 0 Å². The number of ether oxygens (including phenoxy) is 1. The van der Waals surface area contributed by atoms with Crippen molar-refractivity contribution in [3.63, 3.8) is 0 Å². The molecule has 2 rings (SSSR count). The maximum absolute atomic E-state index is 12.9. The molecule has 0 saturated heterocycles. The van der Waals surface area contributed by atoms with E-state index in [0.717, 1.165) is 36.2 Å². The summed E-state index contributed by atoms with van der Waals surface area (Å²) in [4.78, 5) is 23.9. The number of carbonyl (C=O) groups excluding carboxylic acids is 2. The zero-order valence-corrected chi connectivity index (χ0v) is 16.5. The molecule has 0 unspecified atom stereocenters. The summed E-state index contributed by atoms with van der Waals surface area (Å²) in [5.74, 6) is -2.37. The molecule has 1 atom stereocenters. The SMILES string of the molecule is CCc1ccc(NC(=O)[C@H](C)OC(=O)CCS(=O)(=O)c2ccc(F)cc2)cc1. The Morgan fingerprint density at radius 2 is 1.68 bits per heavy atom. The fraction of sp³-hybridized carbons (Fsp3) is 0.300. The van der Waals surface area contributed by atoms with Gasteiger partial charge >= 0.3 is 5.97 Å². The number of hydrogen-bond donors (Lipinski definition) is 1. The van der Waals surface area contributed by atoms with Crippen LogP contribution in [0.2, 0.25) is 0 Å². The molecule has 1 amide bonds. The maximum Gasteiger partial charge on any atom is 0.307 e. The lowest BCUT2D eigenvalue weighted by Crippen LogP contribution is -2.30. The van der Waals surface area contributed by atoms with Crippen LogP contribution in [0.15, 0.2) is 53.4 Å². The van der Waals surface area contributed by atoms with Gasteiger partial charge in [-0.2, -0.15) is 0 Å². The highest BCUT2D eigenvalue weighted by Crippen LogP contribution is 2.14. The Balaban J connectivity index is 1.85. The van der Waals surface area contributed by atoms with Gasteiger partial charge in [0, 0.05) is 5.69 Å². The van der Waals surface area contributed by atoms with E-state index in [9.17, 15) is 22.4 Å². The van der Waals surface area contributed by atoms with E-state index in [1.807, 2.05) is 19.1 Å². The minimum atomic E-state index is -3.75. The van der Waals surface area contributed by atoms with Crippen molar-refractivity contribution in [1.82, 2.24) is 0 Å². The first-order chi connectivity index (χ1) is 13.2. The number of hydrogen-bond acceptors (Lipinski definition) is 5. The van der Waals surface area contributed by atoms with Crippen molar-refractivity contribution >= 4 is 27.4 Å². The van der Waals surface area contributed by atoms with E-state index < -0.39 is 45.8 Å². The van der Waals surface area contributed by atoms with Gasteiger partial charge in [0.2, 0.25) is 0 Å². The Morgan fingerprint density at radius 1 is 1.07 bits per heavy atom. The van der Waals surface area contributed by atoms with Crippen molar-refractivity contribution in [3.05, 3.63) is 59.9 Å². The quantitative estimate of drug-likeness (QED) is 0.536. The number of anilines is 1. The van der Waals surface area contributed by atoms with Crippen LogP contribution in [0, 0.1) is 5.82 Å². The second kappa shape index (κ2) is 9.45.